The van der Waals surface area contributed by atoms with Crippen LogP contribution < -0.4 is 0 Å². The van der Waals surface area contributed by atoms with Crippen molar-refractivity contribution in [1.82, 2.24) is 0 Å². The number of unbranched alkanes of at least 4 members (excludes halogenated alkanes) is 1. The topological polar surface area (TPSA) is 54.4 Å². The molecule has 0 aromatic heterocycles. The maximum Gasteiger partial charge on any atom is 0.264 e. The molecule has 0 unspecified atom stereocenters. The molecule has 0 bridgehead atoms. The predicted molar refractivity (Wildman–Crippen MR) is 49.5 cm³/mol. The first-order valence-electron chi connectivity index (χ1n) is 4.22. The zero-order chi connectivity index (χ0) is 9.61. The van der Waals surface area contributed by atoms with E-state index in [1.54, 1.807) is 0 Å². The van der Waals surface area contributed by atoms with E-state index in [2.05, 4.69) is 6.92 Å². The lowest BCUT2D eigenvalue weighted by molar-refractivity contribution is 0.480. The van der Waals surface area contributed by atoms with Gasteiger partial charge in [0.05, 0.1) is 5.75 Å². The summed E-state index contributed by atoms with van der Waals surface area (Å²) >= 11 is 0. The third-order valence-electron chi connectivity index (χ3n) is 1.74. The second-order valence-electron chi connectivity index (χ2n) is 3.10. The summed E-state index contributed by atoms with van der Waals surface area (Å²) in [6.07, 6.45) is 3.66. The lowest BCUT2D eigenvalue weighted by Crippen LogP contribution is -2.07. The number of hydrogen-bond acceptors (Lipinski definition) is 2. The van der Waals surface area contributed by atoms with Gasteiger partial charge in [-0.25, -0.2) is 0 Å². The van der Waals surface area contributed by atoms with Gasteiger partial charge < -0.3 is 0 Å². The number of hydrogen-bond donors (Lipinski definition) is 1. The fraction of sp³-hybridized carbons (Fsp3) is 0.875. The molecular formula is C8H17O3S. The molecule has 0 aliphatic heterocycles. The first kappa shape index (κ1) is 11.9. The van der Waals surface area contributed by atoms with Crippen LogP contribution in [0.5, 0.6) is 0 Å². The normalized spacial score (nSPS) is 12.3. The van der Waals surface area contributed by atoms with Crippen LogP contribution in [0.25, 0.3) is 0 Å². The Morgan fingerprint density at radius 1 is 1.33 bits per heavy atom. The molecule has 4 heteroatoms. The largest absolute Gasteiger partial charge is 0.286 e. The Morgan fingerprint density at radius 3 is 2.33 bits per heavy atom. The molecule has 0 atom stereocenters. The highest BCUT2D eigenvalue weighted by Crippen LogP contribution is 2.14. The summed E-state index contributed by atoms with van der Waals surface area (Å²) in [4.78, 5) is 0. The SMILES string of the molecule is CCCC[C](C)CCS(=O)(=O)O. The molecule has 0 aromatic rings. The lowest BCUT2D eigenvalue weighted by atomic mass is 10.0. The molecule has 0 rings (SSSR count). The molecular weight excluding hydrogens is 176 g/mol. The zero-order valence-electron chi connectivity index (χ0n) is 7.71. The van der Waals surface area contributed by atoms with Crippen molar-refractivity contribution in [3.05, 3.63) is 5.92 Å². The van der Waals surface area contributed by atoms with Crippen molar-refractivity contribution >= 4 is 10.1 Å². The van der Waals surface area contributed by atoms with E-state index in [9.17, 15) is 8.42 Å². The molecule has 0 aromatic carbocycles. The van der Waals surface area contributed by atoms with Crippen LogP contribution in [0, 0.1) is 5.92 Å². The molecule has 73 valence electrons. The second kappa shape index (κ2) is 5.54. The van der Waals surface area contributed by atoms with Crippen LogP contribution in [0.4, 0.5) is 0 Å². The van der Waals surface area contributed by atoms with Crippen molar-refractivity contribution in [3.63, 3.8) is 0 Å². The van der Waals surface area contributed by atoms with E-state index < -0.39 is 10.1 Å². The van der Waals surface area contributed by atoms with Crippen LogP contribution >= 0.6 is 0 Å². The van der Waals surface area contributed by atoms with Crippen molar-refractivity contribution in [3.8, 4) is 0 Å². The minimum Gasteiger partial charge on any atom is -0.286 e. The average molecular weight is 193 g/mol. The van der Waals surface area contributed by atoms with Crippen LogP contribution in [0.3, 0.4) is 0 Å². The molecule has 0 amide bonds. The highest BCUT2D eigenvalue weighted by atomic mass is 32.2. The quantitative estimate of drug-likeness (QED) is 0.657. The summed E-state index contributed by atoms with van der Waals surface area (Å²) in [5.74, 6) is 1.01. The van der Waals surface area contributed by atoms with E-state index in [1.165, 1.54) is 0 Å². The molecule has 0 aliphatic rings. The van der Waals surface area contributed by atoms with Crippen molar-refractivity contribution in [1.29, 1.82) is 0 Å². The van der Waals surface area contributed by atoms with Gasteiger partial charge in [-0.15, -0.1) is 0 Å². The highest BCUT2D eigenvalue weighted by molar-refractivity contribution is 7.85. The summed E-state index contributed by atoms with van der Waals surface area (Å²) < 4.78 is 29.2. The van der Waals surface area contributed by atoms with Gasteiger partial charge in [0.25, 0.3) is 10.1 Å². The van der Waals surface area contributed by atoms with E-state index in [4.69, 9.17) is 4.55 Å². The third kappa shape index (κ3) is 8.01. The zero-order valence-corrected chi connectivity index (χ0v) is 8.52. The van der Waals surface area contributed by atoms with Gasteiger partial charge in [0, 0.05) is 0 Å². The van der Waals surface area contributed by atoms with E-state index >= 15 is 0 Å². The molecule has 1 N–H and O–H groups in total. The van der Waals surface area contributed by atoms with Gasteiger partial charge in [-0.3, -0.25) is 4.55 Å². The minimum atomic E-state index is -3.77. The Bertz CT molecular complexity index is 196. The van der Waals surface area contributed by atoms with Gasteiger partial charge in [-0.1, -0.05) is 26.7 Å². The van der Waals surface area contributed by atoms with Crippen molar-refractivity contribution in [2.24, 2.45) is 0 Å². The summed E-state index contributed by atoms with van der Waals surface area (Å²) in [6.45, 7) is 4.02. The maximum atomic E-state index is 10.4. The molecule has 0 fully saturated rings. The monoisotopic (exact) mass is 193 g/mol. The Hall–Kier alpha value is -0.0900. The van der Waals surface area contributed by atoms with E-state index in [0.717, 1.165) is 25.2 Å². The molecule has 0 spiro atoms. The van der Waals surface area contributed by atoms with Crippen LogP contribution in [-0.4, -0.2) is 18.7 Å². The summed E-state index contributed by atoms with van der Waals surface area (Å²) in [7, 11) is -3.77. The smallest absolute Gasteiger partial charge is 0.264 e. The van der Waals surface area contributed by atoms with Gasteiger partial charge in [-0.05, 0) is 18.8 Å². The minimum absolute atomic E-state index is 0.136. The van der Waals surface area contributed by atoms with Crippen LogP contribution in [0.1, 0.15) is 39.5 Å². The second-order valence-corrected chi connectivity index (χ2v) is 4.67. The summed E-state index contributed by atoms with van der Waals surface area (Å²) in [5, 5.41) is 0. The fourth-order valence-corrected chi connectivity index (χ4v) is 1.51. The van der Waals surface area contributed by atoms with Gasteiger partial charge >= 0.3 is 0 Å². The van der Waals surface area contributed by atoms with Crippen molar-refractivity contribution in [2.75, 3.05) is 5.75 Å². The standard InChI is InChI=1S/C8H17O3S/c1-3-4-5-8(2)6-7-12(9,10)11/h3-7H2,1-2H3,(H,9,10,11). The Morgan fingerprint density at radius 2 is 1.92 bits per heavy atom. The summed E-state index contributed by atoms with van der Waals surface area (Å²) in [5.41, 5.74) is 0. The van der Waals surface area contributed by atoms with E-state index in [0.29, 0.717) is 6.42 Å². The Balaban J connectivity index is 3.51. The van der Waals surface area contributed by atoms with Crippen LogP contribution in [0.2, 0.25) is 0 Å². The summed E-state index contributed by atoms with van der Waals surface area (Å²) in [6, 6.07) is 0. The molecule has 0 heterocycles. The van der Waals surface area contributed by atoms with Gasteiger partial charge in [-0.2, -0.15) is 8.42 Å². The number of rotatable bonds is 6. The van der Waals surface area contributed by atoms with Gasteiger partial charge in [0.1, 0.15) is 0 Å². The van der Waals surface area contributed by atoms with Crippen LogP contribution in [0.15, 0.2) is 0 Å². The molecule has 0 saturated heterocycles. The Kier molecular flexibility index (Phi) is 5.50. The van der Waals surface area contributed by atoms with Crippen LogP contribution in [-0.2, 0) is 10.1 Å². The fourth-order valence-electron chi connectivity index (χ4n) is 0.907. The van der Waals surface area contributed by atoms with Crippen molar-refractivity contribution in [2.45, 2.75) is 39.5 Å². The van der Waals surface area contributed by atoms with E-state index in [1.807, 2.05) is 6.92 Å². The molecule has 12 heavy (non-hydrogen) atoms. The highest BCUT2D eigenvalue weighted by Gasteiger charge is 2.08. The van der Waals surface area contributed by atoms with Crippen molar-refractivity contribution < 1.29 is 13.0 Å². The first-order valence-corrected chi connectivity index (χ1v) is 5.83. The molecule has 1 radical (unpaired) electrons. The molecule has 0 aliphatic carbocycles. The van der Waals surface area contributed by atoms with Gasteiger partial charge in [0.15, 0.2) is 0 Å². The Labute approximate surface area is 74.9 Å². The molecule has 0 saturated carbocycles. The maximum absolute atomic E-state index is 10.4. The first-order chi connectivity index (χ1) is 5.45. The average Bonchev–Trinajstić information content (AvgIpc) is 1.95. The van der Waals surface area contributed by atoms with E-state index in [-0.39, 0.29) is 5.75 Å². The lowest BCUT2D eigenvalue weighted by Gasteiger charge is -2.07. The predicted octanol–water partition coefficient (Wildman–Crippen LogP) is 2.05. The van der Waals surface area contributed by atoms with Gasteiger partial charge in [0.2, 0.25) is 0 Å². The third-order valence-corrected chi connectivity index (χ3v) is 2.46. The molecule has 3 nitrogen and oxygen atoms in total.